The number of aromatic nitrogens is 1. The van der Waals surface area contributed by atoms with Gasteiger partial charge in [0.25, 0.3) is 0 Å². The van der Waals surface area contributed by atoms with E-state index in [-0.39, 0.29) is 11.8 Å². The Kier molecular flexibility index (Phi) is 3.23. The second-order valence-corrected chi connectivity index (χ2v) is 3.64. The minimum absolute atomic E-state index is 0.269. The van der Waals surface area contributed by atoms with Crippen LogP contribution in [0.5, 0.6) is 0 Å². The van der Waals surface area contributed by atoms with E-state index in [0.29, 0.717) is 12.2 Å². The monoisotopic (exact) mass is 233 g/mol. The highest BCUT2D eigenvalue weighted by atomic mass is 19.1. The van der Waals surface area contributed by atoms with Gasteiger partial charge in [0.15, 0.2) is 0 Å². The number of carbonyl (C=O) groups excluding carboxylic acids is 1. The van der Waals surface area contributed by atoms with Crippen LogP contribution in [-0.2, 0) is 11.3 Å². The number of rotatable bonds is 3. The number of nitrogens with zero attached hydrogens (tertiary/aromatic N) is 1. The summed E-state index contributed by atoms with van der Waals surface area (Å²) in [5, 5.41) is 0. The quantitative estimate of drug-likeness (QED) is 0.762. The van der Waals surface area contributed by atoms with E-state index in [1.54, 1.807) is 35.0 Å². The largest absolute Gasteiger partial charge is 0.464 e. The molecule has 0 aliphatic heterocycles. The van der Waals surface area contributed by atoms with Crippen molar-refractivity contribution >= 4 is 5.97 Å². The molecule has 0 amide bonds. The van der Waals surface area contributed by atoms with Crippen molar-refractivity contribution in [2.24, 2.45) is 0 Å². The van der Waals surface area contributed by atoms with Crippen LogP contribution in [0.2, 0.25) is 0 Å². The van der Waals surface area contributed by atoms with E-state index in [2.05, 4.69) is 4.74 Å². The van der Waals surface area contributed by atoms with Crippen molar-refractivity contribution in [3.8, 4) is 0 Å². The first-order valence-electron chi connectivity index (χ1n) is 5.18. The number of hydrogen-bond acceptors (Lipinski definition) is 2. The molecule has 0 atom stereocenters. The van der Waals surface area contributed by atoms with Gasteiger partial charge in [0.1, 0.15) is 11.5 Å². The van der Waals surface area contributed by atoms with E-state index in [0.717, 1.165) is 5.56 Å². The lowest BCUT2D eigenvalue weighted by molar-refractivity contribution is 0.0589. The lowest BCUT2D eigenvalue weighted by Crippen LogP contribution is -2.10. The SMILES string of the molecule is COC(=O)c1cccn1Cc1ccc(F)cc1. The van der Waals surface area contributed by atoms with Gasteiger partial charge in [-0.15, -0.1) is 0 Å². The molecule has 4 heteroatoms. The minimum Gasteiger partial charge on any atom is -0.464 e. The Bertz CT molecular complexity index is 516. The third-order valence-corrected chi connectivity index (χ3v) is 2.49. The summed E-state index contributed by atoms with van der Waals surface area (Å²) >= 11 is 0. The molecule has 17 heavy (non-hydrogen) atoms. The number of hydrogen-bond donors (Lipinski definition) is 0. The number of carbonyl (C=O) groups is 1. The molecule has 0 fully saturated rings. The number of ether oxygens (including phenoxy) is 1. The molecule has 0 N–H and O–H groups in total. The maximum atomic E-state index is 12.7. The number of esters is 1. The summed E-state index contributed by atoms with van der Waals surface area (Å²) < 4.78 is 19.2. The fourth-order valence-corrected chi connectivity index (χ4v) is 1.63. The Morgan fingerprint density at radius 2 is 2.00 bits per heavy atom. The molecule has 1 aromatic heterocycles. The molecule has 0 aliphatic rings. The highest BCUT2D eigenvalue weighted by Crippen LogP contribution is 2.09. The van der Waals surface area contributed by atoms with Crippen LogP contribution in [0.1, 0.15) is 16.1 Å². The van der Waals surface area contributed by atoms with Crippen LogP contribution in [0.25, 0.3) is 0 Å². The Hall–Kier alpha value is -2.10. The van der Waals surface area contributed by atoms with E-state index in [4.69, 9.17) is 0 Å². The molecule has 2 rings (SSSR count). The van der Waals surface area contributed by atoms with Crippen molar-refractivity contribution in [1.82, 2.24) is 4.57 Å². The highest BCUT2D eigenvalue weighted by molar-refractivity contribution is 5.87. The maximum absolute atomic E-state index is 12.7. The fraction of sp³-hybridized carbons (Fsp3) is 0.154. The summed E-state index contributed by atoms with van der Waals surface area (Å²) in [7, 11) is 1.34. The molecule has 88 valence electrons. The fourth-order valence-electron chi connectivity index (χ4n) is 1.63. The third kappa shape index (κ3) is 2.53. The Balaban J connectivity index is 2.21. The Labute approximate surface area is 98.4 Å². The zero-order chi connectivity index (χ0) is 12.3. The minimum atomic E-state index is -0.378. The second kappa shape index (κ2) is 4.82. The zero-order valence-corrected chi connectivity index (χ0v) is 9.39. The highest BCUT2D eigenvalue weighted by Gasteiger charge is 2.10. The number of halogens is 1. The van der Waals surface area contributed by atoms with Crippen LogP contribution in [0.3, 0.4) is 0 Å². The summed E-state index contributed by atoms with van der Waals surface area (Å²) in [6, 6.07) is 9.64. The van der Waals surface area contributed by atoms with Gasteiger partial charge in [-0.3, -0.25) is 0 Å². The van der Waals surface area contributed by atoms with Crippen LogP contribution in [0.4, 0.5) is 4.39 Å². The lowest BCUT2D eigenvalue weighted by atomic mass is 10.2. The van der Waals surface area contributed by atoms with E-state index in [1.165, 1.54) is 19.2 Å². The summed E-state index contributed by atoms with van der Waals surface area (Å²) in [4.78, 5) is 11.4. The normalized spacial score (nSPS) is 10.2. The standard InChI is InChI=1S/C13H12FNO2/c1-17-13(16)12-3-2-8-15(12)9-10-4-6-11(14)7-5-10/h2-8H,9H2,1H3. The van der Waals surface area contributed by atoms with Gasteiger partial charge in [0.2, 0.25) is 0 Å². The van der Waals surface area contributed by atoms with Gasteiger partial charge in [0.05, 0.1) is 7.11 Å². The molecule has 3 nitrogen and oxygen atoms in total. The summed E-state index contributed by atoms with van der Waals surface area (Å²) in [6.07, 6.45) is 1.79. The van der Waals surface area contributed by atoms with Crippen molar-refractivity contribution in [2.45, 2.75) is 6.54 Å². The first-order valence-corrected chi connectivity index (χ1v) is 5.18. The molecule has 0 saturated heterocycles. The molecule has 0 spiro atoms. The van der Waals surface area contributed by atoms with E-state index in [9.17, 15) is 9.18 Å². The van der Waals surface area contributed by atoms with Crippen LogP contribution >= 0.6 is 0 Å². The summed E-state index contributed by atoms with van der Waals surface area (Å²) in [5.41, 5.74) is 1.41. The predicted molar refractivity (Wildman–Crippen MR) is 61.3 cm³/mol. The Morgan fingerprint density at radius 1 is 1.29 bits per heavy atom. The smallest absolute Gasteiger partial charge is 0.354 e. The van der Waals surface area contributed by atoms with Crippen molar-refractivity contribution < 1.29 is 13.9 Å². The van der Waals surface area contributed by atoms with Crippen LogP contribution in [0.15, 0.2) is 42.6 Å². The molecule has 0 radical (unpaired) electrons. The molecule has 0 saturated carbocycles. The topological polar surface area (TPSA) is 31.2 Å². The van der Waals surface area contributed by atoms with Crippen molar-refractivity contribution in [2.75, 3.05) is 7.11 Å². The lowest BCUT2D eigenvalue weighted by Gasteiger charge is -2.07. The van der Waals surface area contributed by atoms with E-state index in [1.807, 2.05) is 0 Å². The van der Waals surface area contributed by atoms with Gasteiger partial charge in [-0.25, -0.2) is 9.18 Å². The van der Waals surface area contributed by atoms with Gasteiger partial charge >= 0.3 is 5.97 Å². The summed E-state index contributed by atoms with van der Waals surface area (Å²) in [5.74, 6) is -0.647. The molecule has 1 aromatic carbocycles. The van der Waals surface area contributed by atoms with Crippen molar-refractivity contribution in [1.29, 1.82) is 0 Å². The third-order valence-electron chi connectivity index (χ3n) is 2.49. The molecular weight excluding hydrogens is 221 g/mol. The first-order chi connectivity index (χ1) is 8.20. The van der Waals surface area contributed by atoms with Gasteiger partial charge in [0, 0.05) is 12.7 Å². The maximum Gasteiger partial charge on any atom is 0.354 e. The average molecular weight is 233 g/mol. The van der Waals surface area contributed by atoms with Gasteiger partial charge in [-0.05, 0) is 29.8 Å². The average Bonchev–Trinajstić information content (AvgIpc) is 2.79. The molecular formula is C13H12FNO2. The van der Waals surface area contributed by atoms with Crippen LogP contribution in [-0.4, -0.2) is 17.6 Å². The first kappa shape index (κ1) is 11.4. The molecule has 2 aromatic rings. The van der Waals surface area contributed by atoms with E-state index < -0.39 is 0 Å². The molecule has 1 heterocycles. The molecule has 0 unspecified atom stereocenters. The Morgan fingerprint density at radius 3 is 2.65 bits per heavy atom. The summed E-state index contributed by atoms with van der Waals surface area (Å²) in [6.45, 7) is 0.512. The predicted octanol–water partition coefficient (Wildman–Crippen LogP) is 2.46. The van der Waals surface area contributed by atoms with Gasteiger partial charge in [-0.2, -0.15) is 0 Å². The zero-order valence-electron chi connectivity index (χ0n) is 9.39. The molecule has 0 aliphatic carbocycles. The van der Waals surface area contributed by atoms with Crippen molar-refractivity contribution in [3.63, 3.8) is 0 Å². The molecule has 0 bridgehead atoms. The van der Waals surface area contributed by atoms with Gasteiger partial charge in [-0.1, -0.05) is 12.1 Å². The van der Waals surface area contributed by atoms with Crippen molar-refractivity contribution in [3.05, 3.63) is 59.7 Å². The van der Waals surface area contributed by atoms with Gasteiger partial charge < -0.3 is 9.30 Å². The second-order valence-electron chi connectivity index (χ2n) is 3.64. The van der Waals surface area contributed by atoms with Crippen LogP contribution in [0, 0.1) is 5.82 Å². The number of methoxy groups -OCH3 is 1. The van der Waals surface area contributed by atoms with E-state index >= 15 is 0 Å². The number of benzene rings is 1. The van der Waals surface area contributed by atoms with Crippen LogP contribution < -0.4 is 0 Å².